The molecule has 1 fully saturated rings. The minimum Gasteiger partial charge on any atom is -0.480 e. The summed E-state index contributed by atoms with van der Waals surface area (Å²) < 4.78 is 0. The van der Waals surface area contributed by atoms with Gasteiger partial charge in [0.15, 0.2) is 0 Å². The van der Waals surface area contributed by atoms with Crippen molar-refractivity contribution >= 4 is 12.0 Å². The van der Waals surface area contributed by atoms with E-state index in [4.69, 9.17) is 5.11 Å². The predicted molar refractivity (Wildman–Crippen MR) is 73.9 cm³/mol. The Balaban J connectivity index is 2.39. The number of carboxylic acid groups (broad SMARTS) is 1. The second-order valence-electron chi connectivity index (χ2n) is 6.78. The van der Waals surface area contributed by atoms with Crippen molar-refractivity contribution in [1.82, 2.24) is 10.6 Å². The molecule has 3 N–H and O–H groups in total. The van der Waals surface area contributed by atoms with Crippen molar-refractivity contribution in [2.75, 3.05) is 6.54 Å². The predicted octanol–water partition coefficient (Wildman–Crippen LogP) is 2.22. The fraction of sp³-hybridized carbons (Fsp3) is 0.857. The molecule has 5 heteroatoms. The Hall–Kier alpha value is -1.26. The zero-order valence-electron chi connectivity index (χ0n) is 12.3. The molecular weight excluding hydrogens is 244 g/mol. The first-order chi connectivity index (χ1) is 8.70. The van der Waals surface area contributed by atoms with Crippen LogP contribution in [-0.4, -0.2) is 29.7 Å². The molecule has 3 atom stereocenters. The standard InChI is InChI=1S/C14H26N2O3/c1-9-5-6-10(7-9)8-15-13(19)16-11(12(17)18)14(2,3)4/h9-11H,5-8H2,1-4H3,(H,17,18)(H2,15,16,19). The molecule has 0 aliphatic heterocycles. The first-order valence-electron chi connectivity index (χ1n) is 6.97. The molecule has 0 radical (unpaired) electrons. The van der Waals surface area contributed by atoms with E-state index >= 15 is 0 Å². The van der Waals surface area contributed by atoms with E-state index in [9.17, 15) is 9.59 Å². The molecule has 1 rings (SSSR count). The van der Waals surface area contributed by atoms with Gasteiger partial charge in [-0.1, -0.05) is 34.1 Å². The molecule has 3 unspecified atom stereocenters. The van der Waals surface area contributed by atoms with Gasteiger partial charge in [0.1, 0.15) is 6.04 Å². The average Bonchev–Trinajstić information content (AvgIpc) is 2.67. The number of hydrogen-bond donors (Lipinski definition) is 3. The minimum atomic E-state index is -1.00. The third-order valence-corrected chi connectivity index (χ3v) is 3.74. The largest absolute Gasteiger partial charge is 0.480 e. The van der Waals surface area contributed by atoms with Crippen molar-refractivity contribution in [3.8, 4) is 0 Å². The summed E-state index contributed by atoms with van der Waals surface area (Å²) in [5, 5.41) is 14.5. The van der Waals surface area contributed by atoms with Crippen LogP contribution >= 0.6 is 0 Å². The Labute approximate surface area is 115 Å². The van der Waals surface area contributed by atoms with Crippen molar-refractivity contribution in [3.05, 3.63) is 0 Å². The molecule has 2 amide bonds. The number of carbonyl (C=O) groups is 2. The van der Waals surface area contributed by atoms with Crippen molar-refractivity contribution < 1.29 is 14.7 Å². The topological polar surface area (TPSA) is 78.4 Å². The maximum Gasteiger partial charge on any atom is 0.326 e. The molecule has 0 spiro atoms. The number of nitrogens with one attached hydrogen (secondary N) is 2. The lowest BCUT2D eigenvalue weighted by atomic mass is 9.87. The van der Waals surface area contributed by atoms with Gasteiger partial charge in [-0.05, 0) is 30.1 Å². The lowest BCUT2D eigenvalue weighted by Gasteiger charge is -2.28. The second kappa shape index (κ2) is 6.26. The third kappa shape index (κ3) is 5.09. The highest BCUT2D eigenvalue weighted by Crippen LogP contribution is 2.29. The van der Waals surface area contributed by atoms with Crippen molar-refractivity contribution in [1.29, 1.82) is 0 Å². The number of carboxylic acids is 1. The number of aliphatic carboxylic acids is 1. The molecule has 1 aliphatic carbocycles. The summed E-state index contributed by atoms with van der Waals surface area (Å²) >= 11 is 0. The third-order valence-electron chi connectivity index (χ3n) is 3.74. The maximum atomic E-state index is 11.8. The van der Waals surface area contributed by atoms with Crippen LogP contribution in [0.25, 0.3) is 0 Å². The van der Waals surface area contributed by atoms with Gasteiger partial charge in [0.2, 0.25) is 0 Å². The van der Waals surface area contributed by atoms with Gasteiger partial charge >= 0.3 is 12.0 Å². The van der Waals surface area contributed by atoms with Crippen molar-refractivity contribution in [3.63, 3.8) is 0 Å². The molecule has 19 heavy (non-hydrogen) atoms. The number of carbonyl (C=O) groups excluding carboxylic acids is 1. The van der Waals surface area contributed by atoms with Gasteiger partial charge in [-0.25, -0.2) is 9.59 Å². The van der Waals surface area contributed by atoms with Crippen LogP contribution in [-0.2, 0) is 4.79 Å². The molecule has 0 aromatic carbocycles. The maximum absolute atomic E-state index is 11.8. The van der Waals surface area contributed by atoms with Gasteiger partial charge in [0, 0.05) is 6.54 Å². The van der Waals surface area contributed by atoms with Gasteiger partial charge in [-0.15, -0.1) is 0 Å². The quantitative estimate of drug-likeness (QED) is 0.733. The minimum absolute atomic E-state index is 0.387. The fourth-order valence-electron chi connectivity index (χ4n) is 2.58. The summed E-state index contributed by atoms with van der Waals surface area (Å²) in [4.78, 5) is 22.9. The van der Waals surface area contributed by atoms with Gasteiger partial charge in [0.05, 0.1) is 0 Å². The molecule has 0 bridgehead atoms. The van der Waals surface area contributed by atoms with E-state index in [1.807, 2.05) is 0 Å². The summed E-state index contributed by atoms with van der Waals surface area (Å²) in [6, 6.07) is -1.27. The monoisotopic (exact) mass is 270 g/mol. The van der Waals surface area contributed by atoms with E-state index in [0.717, 1.165) is 18.8 Å². The molecule has 0 aromatic heterocycles. The SMILES string of the molecule is CC1CCC(CNC(=O)NC(C(=O)O)C(C)(C)C)C1. The van der Waals surface area contributed by atoms with Crippen LogP contribution in [0.3, 0.4) is 0 Å². The average molecular weight is 270 g/mol. The Morgan fingerprint density at radius 2 is 1.95 bits per heavy atom. The van der Waals surface area contributed by atoms with E-state index in [0.29, 0.717) is 12.5 Å². The van der Waals surface area contributed by atoms with Gasteiger partial charge in [0.25, 0.3) is 0 Å². The lowest BCUT2D eigenvalue weighted by molar-refractivity contribution is -0.141. The zero-order valence-corrected chi connectivity index (χ0v) is 12.3. The van der Waals surface area contributed by atoms with Crippen molar-refractivity contribution in [2.45, 2.75) is 53.0 Å². The Kier molecular flexibility index (Phi) is 5.20. The van der Waals surface area contributed by atoms with Gasteiger partial charge < -0.3 is 15.7 Å². The van der Waals surface area contributed by atoms with Gasteiger partial charge in [-0.3, -0.25) is 0 Å². The molecule has 110 valence electrons. The molecule has 1 saturated carbocycles. The van der Waals surface area contributed by atoms with E-state index in [2.05, 4.69) is 17.6 Å². The van der Waals surface area contributed by atoms with E-state index in [1.165, 1.54) is 6.42 Å². The van der Waals surface area contributed by atoms with Crippen LogP contribution in [0.15, 0.2) is 0 Å². The van der Waals surface area contributed by atoms with E-state index in [-0.39, 0.29) is 6.03 Å². The summed E-state index contributed by atoms with van der Waals surface area (Å²) in [7, 11) is 0. The first-order valence-corrected chi connectivity index (χ1v) is 6.97. The summed E-state index contributed by atoms with van der Waals surface area (Å²) in [5.41, 5.74) is -0.509. The number of amides is 2. The van der Waals surface area contributed by atoms with Crippen molar-refractivity contribution in [2.24, 2.45) is 17.3 Å². The van der Waals surface area contributed by atoms with E-state index in [1.54, 1.807) is 20.8 Å². The van der Waals surface area contributed by atoms with Crippen LogP contribution in [0.4, 0.5) is 4.79 Å². The number of urea groups is 1. The molecular formula is C14H26N2O3. The Morgan fingerprint density at radius 1 is 1.32 bits per heavy atom. The van der Waals surface area contributed by atoms with Crippen LogP contribution in [0, 0.1) is 17.3 Å². The number of hydrogen-bond acceptors (Lipinski definition) is 2. The van der Waals surface area contributed by atoms with Crippen LogP contribution < -0.4 is 10.6 Å². The molecule has 0 heterocycles. The van der Waals surface area contributed by atoms with Crippen LogP contribution in [0.2, 0.25) is 0 Å². The molecule has 5 nitrogen and oxygen atoms in total. The highest BCUT2D eigenvalue weighted by atomic mass is 16.4. The van der Waals surface area contributed by atoms with Crippen LogP contribution in [0.5, 0.6) is 0 Å². The first kappa shape index (κ1) is 15.8. The number of rotatable bonds is 4. The van der Waals surface area contributed by atoms with E-state index < -0.39 is 17.4 Å². The summed E-state index contributed by atoms with van der Waals surface area (Å²) in [5.74, 6) is 0.256. The normalized spacial score (nSPS) is 24.8. The Morgan fingerprint density at radius 3 is 2.37 bits per heavy atom. The molecule has 0 aromatic rings. The van der Waals surface area contributed by atoms with Crippen LogP contribution in [0.1, 0.15) is 47.0 Å². The summed E-state index contributed by atoms with van der Waals surface area (Å²) in [6.45, 7) is 8.24. The Bertz CT molecular complexity index is 336. The smallest absolute Gasteiger partial charge is 0.326 e. The van der Waals surface area contributed by atoms with Gasteiger partial charge in [-0.2, -0.15) is 0 Å². The lowest BCUT2D eigenvalue weighted by Crippen LogP contribution is -2.52. The second-order valence-corrected chi connectivity index (χ2v) is 6.78. The molecule has 0 saturated heterocycles. The molecule has 1 aliphatic rings. The summed E-state index contributed by atoms with van der Waals surface area (Å²) in [6.07, 6.45) is 3.50. The fourth-order valence-corrected chi connectivity index (χ4v) is 2.58. The zero-order chi connectivity index (χ0) is 14.6. The highest BCUT2D eigenvalue weighted by molar-refractivity contribution is 5.83. The highest BCUT2D eigenvalue weighted by Gasteiger charge is 2.32.